The van der Waals surface area contributed by atoms with Gasteiger partial charge in [-0.25, -0.2) is 4.99 Å². The van der Waals surface area contributed by atoms with Gasteiger partial charge in [-0.3, -0.25) is 14.5 Å². The van der Waals surface area contributed by atoms with E-state index in [9.17, 15) is 9.59 Å². The van der Waals surface area contributed by atoms with Crippen molar-refractivity contribution in [2.75, 3.05) is 13.2 Å². The van der Waals surface area contributed by atoms with Gasteiger partial charge in [-0.05, 0) is 19.9 Å². The van der Waals surface area contributed by atoms with Crippen molar-refractivity contribution >= 4 is 45.8 Å². The fraction of sp³-hybridized carbons (Fsp3) is 0.267. The van der Waals surface area contributed by atoms with Crippen LogP contribution < -0.4 is 0 Å². The lowest BCUT2D eigenvalue weighted by Crippen LogP contribution is -2.28. The number of thiophene rings is 1. The van der Waals surface area contributed by atoms with Gasteiger partial charge in [0.25, 0.3) is 0 Å². The summed E-state index contributed by atoms with van der Waals surface area (Å²) in [6.45, 7) is 3.85. The number of fused-ring (bicyclic) bond motifs is 1. The van der Waals surface area contributed by atoms with Crippen LogP contribution in [-0.4, -0.2) is 36.8 Å². The minimum absolute atomic E-state index is 0.137. The molecule has 0 bridgehead atoms. The number of carbonyl (C=O) groups excluding carboxylic acids is 2. The van der Waals surface area contributed by atoms with Crippen LogP contribution in [0.3, 0.4) is 0 Å². The molecule has 0 spiro atoms. The molecule has 2 aromatic rings. The predicted molar refractivity (Wildman–Crippen MR) is 84.1 cm³/mol. The Balaban J connectivity index is 2.19. The lowest BCUT2D eigenvalue weighted by atomic mass is 10.2. The molecule has 5 nitrogen and oxygen atoms in total. The Morgan fingerprint density at radius 2 is 2.19 bits per heavy atom. The van der Waals surface area contributed by atoms with E-state index in [2.05, 4.69) is 4.99 Å². The SMILES string of the molecule is CCOC(=O)CN(C=O)C=Nc1c(C)sc2ccccc12. The molecular weight excluding hydrogens is 288 g/mol. The van der Waals surface area contributed by atoms with Gasteiger partial charge >= 0.3 is 5.97 Å². The molecule has 0 saturated carbocycles. The number of aliphatic imine (C=N–C) groups is 1. The number of ether oxygens (including phenoxy) is 1. The highest BCUT2D eigenvalue weighted by Gasteiger charge is 2.09. The second-order valence-electron chi connectivity index (χ2n) is 4.33. The van der Waals surface area contributed by atoms with Crippen LogP contribution in [-0.2, 0) is 14.3 Å². The normalized spacial score (nSPS) is 11.0. The molecule has 0 unspecified atom stereocenters. The van der Waals surface area contributed by atoms with E-state index in [1.54, 1.807) is 18.3 Å². The van der Waals surface area contributed by atoms with Crippen LogP contribution in [0.4, 0.5) is 5.69 Å². The summed E-state index contributed by atoms with van der Waals surface area (Å²) >= 11 is 1.65. The maximum atomic E-state index is 11.4. The predicted octanol–water partition coefficient (Wildman–Crippen LogP) is 2.89. The van der Waals surface area contributed by atoms with E-state index in [0.29, 0.717) is 6.41 Å². The van der Waals surface area contributed by atoms with Gasteiger partial charge in [-0.1, -0.05) is 18.2 Å². The number of amides is 1. The zero-order valence-electron chi connectivity index (χ0n) is 11.9. The van der Waals surface area contributed by atoms with Gasteiger partial charge in [0.15, 0.2) is 0 Å². The minimum Gasteiger partial charge on any atom is -0.465 e. The maximum Gasteiger partial charge on any atom is 0.326 e. The summed E-state index contributed by atoms with van der Waals surface area (Å²) in [5, 5.41) is 1.04. The molecule has 1 heterocycles. The second-order valence-corrected chi connectivity index (χ2v) is 5.59. The summed E-state index contributed by atoms with van der Waals surface area (Å²) in [5.74, 6) is -0.456. The Kier molecular flexibility index (Phi) is 5.05. The van der Waals surface area contributed by atoms with Crippen molar-refractivity contribution < 1.29 is 14.3 Å². The third-order valence-corrected chi connectivity index (χ3v) is 3.90. The quantitative estimate of drug-likeness (QED) is 0.357. The molecule has 21 heavy (non-hydrogen) atoms. The van der Waals surface area contributed by atoms with E-state index in [-0.39, 0.29) is 13.2 Å². The molecule has 2 rings (SSSR count). The minimum atomic E-state index is -0.456. The highest BCUT2D eigenvalue weighted by Crippen LogP contribution is 2.36. The van der Waals surface area contributed by atoms with E-state index >= 15 is 0 Å². The fourth-order valence-electron chi connectivity index (χ4n) is 1.91. The van der Waals surface area contributed by atoms with E-state index in [1.807, 2.05) is 31.2 Å². The first-order valence-corrected chi connectivity index (χ1v) is 7.36. The Bertz CT molecular complexity index is 679. The molecule has 110 valence electrons. The van der Waals surface area contributed by atoms with Gasteiger partial charge < -0.3 is 4.74 Å². The van der Waals surface area contributed by atoms with E-state index in [4.69, 9.17) is 4.74 Å². The largest absolute Gasteiger partial charge is 0.465 e. The first kappa shape index (κ1) is 15.2. The van der Waals surface area contributed by atoms with Crippen molar-refractivity contribution in [3.63, 3.8) is 0 Å². The molecule has 6 heteroatoms. The lowest BCUT2D eigenvalue weighted by molar-refractivity contribution is -0.144. The molecule has 0 atom stereocenters. The smallest absolute Gasteiger partial charge is 0.326 e. The van der Waals surface area contributed by atoms with Gasteiger partial charge in [0.1, 0.15) is 6.54 Å². The van der Waals surface area contributed by atoms with Gasteiger partial charge in [0.2, 0.25) is 6.41 Å². The molecule has 0 N–H and O–H groups in total. The highest BCUT2D eigenvalue weighted by atomic mass is 32.1. The molecule has 0 radical (unpaired) electrons. The molecule has 0 aliphatic carbocycles. The summed E-state index contributed by atoms with van der Waals surface area (Å²) in [6.07, 6.45) is 1.93. The Labute approximate surface area is 126 Å². The molecular formula is C15H16N2O3S. The standard InChI is InChI=1S/C15H16N2O3S/c1-3-20-14(19)8-17(10-18)9-16-15-11(2)21-13-7-5-4-6-12(13)15/h4-7,9-10H,3,8H2,1-2H3. The zero-order chi connectivity index (χ0) is 15.2. The highest BCUT2D eigenvalue weighted by molar-refractivity contribution is 7.19. The Morgan fingerprint density at radius 1 is 1.43 bits per heavy atom. The average molecular weight is 304 g/mol. The number of esters is 1. The number of hydrogen-bond donors (Lipinski definition) is 0. The third kappa shape index (κ3) is 3.66. The number of carbonyl (C=O) groups is 2. The van der Waals surface area contributed by atoms with Crippen LogP contribution in [0.25, 0.3) is 10.1 Å². The molecule has 1 amide bonds. The van der Waals surface area contributed by atoms with E-state index in [1.165, 1.54) is 11.2 Å². The number of aryl methyl sites for hydroxylation is 1. The topological polar surface area (TPSA) is 59.0 Å². The Hall–Kier alpha value is -2.21. The molecule has 1 aromatic carbocycles. The number of rotatable bonds is 6. The van der Waals surface area contributed by atoms with Crippen LogP contribution in [0.15, 0.2) is 29.3 Å². The fourth-order valence-corrected chi connectivity index (χ4v) is 2.92. The van der Waals surface area contributed by atoms with Crippen LogP contribution in [0.5, 0.6) is 0 Å². The first-order chi connectivity index (χ1) is 10.2. The molecule has 0 aliphatic heterocycles. The maximum absolute atomic E-state index is 11.4. The summed E-state index contributed by atoms with van der Waals surface area (Å²) in [5.41, 5.74) is 0.825. The summed E-state index contributed by atoms with van der Waals surface area (Å²) in [6, 6.07) is 7.94. The molecule has 0 aliphatic rings. The molecule has 0 saturated heterocycles. The first-order valence-electron chi connectivity index (χ1n) is 6.54. The van der Waals surface area contributed by atoms with Crippen molar-refractivity contribution in [2.45, 2.75) is 13.8 Å². The van der Waals surface area contributed by atoms with Crippen molar-refractivity contribution in [1.29, 1.82) is 0 Å². The van der Waals surface area contributed by atoms with Crippen LogP contribution >= 0.6 is 11.3 Å². The molecule has 1 aromatic heterocycles. The second kappa shape index (κ2) is 6.99. The van der Waals surface area contributed by atoms with Gasteiger partial charge in [-0.15, -0.1) is 11.3 Å². The average Bonchev–Trinajstić information content (AvgIpc) is 2.79. The van der Waals surface area contributed by atoms with Gasteiger partial charge in [-0.2, -0.15) is 0 Å². The van der Waals surface area contributed by atoms with Crippen molar-refractivity contribution in [3.8, 4) is 0 Å². The van der Waals surface area contributed by atoms with Crippen molar-refractivity contribution in [3.05, 3.63) is 29.1 Å². The van der Waals surface area contributed by atoms with Crippen LogP contribution in [0.1, 0.15) is 11.8 Å². The number of nitrogens with zero attached hydrogens (tertiary/aromatic N) is 2. The van der Waals surface area contributed by atoms with Gasteiger partial charge in [0.05, 0.1) is 18.6 Å². The number of hydrogen-bond acceptors (Lipinski definition) is 5. The number of benzene rings is 1. The summed E-state index contributed by atoms with van der Waals surface area (Å²) < 4.78 is 5.95. The van der Waals surface area contributed by atoms with Crippen LogP contribution in [0.2, 0.25) is 0 Å². The Morgan fingerprint density at radius 3 is 2.90 bits per heavy atom. The third-order valence-electron chi connectivity index (χ3n) is 2.83. The zero-order valence-corrected chi connectivity index (χ0v) is 12.7. The lowest BCUT2D eigenvalue weighted by Gasteiger charge is -2.09. The molecule has 0 fully saturated rings. The van der Waals surface area contributed by atoms with E-state index < -0.39 is 5.97 Å². The summed E-state index contributed by atoms with van der Waals surface area (Å²) in [4.78, 5) is 28.9. The van der Waals surface area contributed by atoms with Crippen molar-refractivity contribution in [2.24, 2.45) is 4.99 Å². The summed E-state index contributed by atoms with van der Waals surface area (Å²) in [7, 11) is 0. The van der Waals surface area contributed by atoms with Crippen molar-refractivity contribution in [1.82, 2.24) is 4.90 Å². The monoisotopic (exact) mass is 304 g/mol. The van der Waals surface area contributed by atoms with E-state index in [0.717, 1.165) is 20.7 Å². The van der Waals surface area contributed by atoms with Crippen LogP contribution in [0, 0.1) is 6.92 Å². The van der Waals surface area contributed by atoms with Gasteiger partial charge in [0, 0.05) is 15.0 Å².